The molecule has 0 fully saturated rings. The average molecular weight is 277 g/mol. The third-order valence-corrected chi connectivity index (χ3v) is 3.08. The van der Waals surface area contributed by atoms with Crippen molar-refractivity contribution in [2.24, 2.45) is 0 Å². The molecule has 18 heavy (non-hydrogen) atoms. The van der Waals surface area contributed by atoms with Crippen LogP contribution in [0.1, 0.15) is 0 Å². The summed E-state index contributed by atoms with van der Waals surface area (Å²) in [5.74, 6) is 3.40. The van der Waals surface area contributed by atoms with Crippen molar-refractivity contribution in [2.75, 3.05) is 0 Å². The predicted molar refractivity (Wildman–Crippen MR) is 70.7 cm³/mol. The highest BCUT2D eigenvalue weighted by molar-refractivity contribution is 6.31. The van der Waals surface area contributed by atoms with Crippen LogP contribution in [0.3, 0.4) is 0 Å². The number of carbonyl (C=O) groups excluding carboxylic acids is 2. The van der Waals surface area contributed by atoms with Gasteiger partial charge in [-0.05, 0) is 23.8 Å². The third kappa shape index (κ3) is 2.24. The summed E-state index contributed by atoms with van der Waals surface area (Å²) >= 11 is 11.6. The largest absolute Gasteiger partial charge is 0.233 e. The molecule has 0 amide bonds. The molecule has 0 aliphatic carbocycles. The van der Waals surface area contributed by atoms with E-state index < -0.39 is 0 Å². The lowest BCUT2D eigenvalue weighted by molar-refractivity contribution is 0.564. The summed E-state index contributed by atoms with van der Waals surface area (Å²) < 4.78 is 0. The fourth-order valence-corrected chi connectivity index (χ4v) is 1.98. The Balaban J connectivity index is 2.87. The van der Waals surface area contributed by atoms with Gasteiger partial charge in [0.1, 0.15) is 11.9 Å². The van der Waals surface area contributed by atoms with Crippen LogP contribution >= 0.6 is 23.2 Å². The van der Waals surface area contributed by atoms with Gasteiger partial charge in [0.05, 0.1) is 15.5 Å². The average Bonchev–Trinajstić information content (AvgIpc) is 2.39. The maximum atomic E-state index is 11.0. The zero-order valence-corrected chi connectivity index (χ0v) is 10.5. The van der Waals surface area contributed by atoms with E-state index in [0.29, 0.717) is 10.6 Å². The second-order valence-corrected chi connectivity index (χ2v) is 4.40. The zero-order valence-electron chi connectivity index (χ0n) is 9.04. The first kappa shape index (κ1) is 12.6. The van der Waals surface area contributed by atoms with E-state index in [-0.39, 0.29) is 15.5 Å². The molecule has 0 atom stereocenters. The number of rotatable bonds is 1. The molecule has 0 aliphatic heterocycles. The van der Waals surface area contributed by atoms with Crippen LogP contribution in [0.15, 0.2) is 36.4 Å². The molecule has 0 heterocycles. The van der Waals surface area contributed by atoms with Crippen LogP contribution in [0.4, 0.5) is 0 Å². The van der Waals surface area contributed by atoms with Crippen LogP contribution in [-0.2, 0) is 9.59 Å². The number of hydrogen-bond donors (Lipinski definition) is 0. The van der Waals surface area contributed by atoms with Gasteiger partial charge in [0.2, 0.25) is 0 Å². The van der Waals surface area contributed by atoms with E-state index in [1.165, 1.54) is 0 Å². The second kappa shape index (κ2) is 5.22. The standard InChI is InChI=1S/C14H6Cl2O2/c15-10-3-1-9(2-4-10)11-5-6-14(16)13(8-18)12(11)7-17/h1-6H. The van der Waals surface area contributed by atoms with Crippen molar-refractivity contribution in [1.29, 1.82) is 0 Å². The molecule has 2 rings (SSSR count). The van der Waals surface area contributed by atoms with Gasteiger partial charge in [0.25, 0.3) is 0 Å². The minimum Gasteiger partial charge on any atom is -0.233 e. The van der Waals surface area contributed by atoms with Crippen molar-refractivity contribution in [3.05, 3.63) is 56.9 Å². The van der Waals surface area contributed by atoms with Crippen LogP contribution in [0.5, 0.6) is 0 Å². The zero-order chi connectivity index (χ0) is 13.1. The second-order valence-electron chi connectivity index (χ2n) is 3.56. The number of halogens is 2. The highest BCUT2D eigenvalue weighted by atomic mass is 35.5. The Hall–Kier alpha value is -1.82. The van der Waals surface area contributed by atoms with E-state index in [1.807, 2.05) is 0 Å². The molecule has 0 spiro atoms. The first-order valence-electron chi connectivity index (χ1n) is 5.02. The summed E-state index contributed by atoms with van der Waals surface area (Å²) in [4.78, 5) is 21.8. The molecule has 4 heteroatoms. The highest BCUT2D eigenvalue weighted by Crippen LogP contribution is 2.18. The first-order chi connectivity index (χ1) is 8.67. The normalized spacial score (nSPS) is 9.67. The van der Waals surface area contributed by atoms with Gasteiger partial charge < -0.3 is 0 Å². The summed E-state index contributed by atoms with van der Waals surface area (Å²) in [6.07, 6.45) is 0. The molecule has 0 bridgehead atoms. The van der Waals surface area contributed by atoms with Crippen LogP contribution in [0, 0.1) is 0 Å². The van der Waals surface area contributed by atoms with Crippen LogP contribution in [-0.4, -0.2) is 11.9 Å². The van der Waals surface area contributed by atoms with E-state index in [0.717, 1.165) is 5.56 Å². The van der Waals surface area contributed by atoms with E-state index in [9.17, 15) is 9.59 Å². The van der Waals surface area contributed by atoms with Crippen molar-refractivity contribution in [1.82, 2.24) is 0 Å². The molecular weight excluding hydrogens is 271 g/mol. The van der Waals surface area contributed by atoms with E-state index >= 15 is 0 Å². The molecule has 0 saturated heterocycles. The summed E-state index contributed by atoms with van der Waals surface area (Å²) in [6.45, 7) is 0. The van der Waals surface area contributed by atoms with Gasteiger partial charge in [-0.3, -0.25) is 0 Å². The van der Waals surface area contributed by atoms with Gasteiger partial charge in [-0.2, -0.15) is 0 Å². The van der Waals surface area contributed by atoms with Crippen LogP contribution < -0.4 is 10.4 Å². The van der Waals surface area contributed by atoms with E-state index in [1.54, 1.807) is 48.3 Å². The fraction of sp³-hybridized carbons (Fsp3) is 0. The number of hydrogen-bond acceptors (Lipinski definition) is 2. The summed E-state index contributed by atoms with van der Waals surface area (Å²) in [5.41, 5.74) is 1.33. The fourth-order valence-electron chi connectivity index (χ4n) is 1.65. The van der Waals surface area contributed by atoms with Gasteiger partial charge in [0, 0.05) is 10.6 Å². The van der Waals surface area contributed by atoms with Crippen molar-refractivity contribution in [2.45, 2.75) is 0 Å². The molecule has 0 aromatic heterocycles. The molecule has 0 saturated carbocycles. The van der Waals surface area contributed by atoms with E-state index in [4.69, 9.17) is 23.2 Å². The molecule has 2 aromatic rings. The monoisotopic (exact) mass is 276 g/mol. The quantitative estimate of drug-likeness (QED) is 0.794. The van der Waals surface area contributed by atoms with Crippen molar-refractivity contribution in [3.8, 4) is 11.1 Å². The van der Waals surface area contributed by atoms with Crippen LogP contribution in [0.25, 0.3) is 11.1 Å². The summed E-state index contributed by atoms with van der Waals surface area (Å²) in [5, 5.41) is 0.909. The lowest BCUT2D eigenvalue weighted by Crippen LogP contribution is -2.30. The molecule has 88 valence electrons. The Bertz CT molecular complexity index is 754. The van der Waals surface area contributed by atoms with Gasteiger partial charge >= 0.3 is 0 Å². The molecule has 0 N–H and O–H groups in total. The highest BCUT2D eigenvalue weighted by Gasteiger charge is 2.05. The SMILES string of the molecule is O=C=c1c(Cl)ccc(-c2ccc(Cl)cc2)c1=C=O. The predicted octanol–water partition coefficient (Wildman–Crippen LogP) is 1.67. The van der Waals surface area contributed by atoms with Crippen LogP contribution in [0.2, 0.25) is 10.0 Å². The summed E-state index contributed by atoms with van der Waals surface area (Å²) in [7, 11) is 0. The Kier molecular flexibility index (Phi) is 3.66. The maximum absolute atomic E-state index is 11.0. The van der Waals surface area contributed by atoms with Gasteiger partial charge in [-0.15, -0.1) is 0 Å². The first-order valence-corrected chi connectivity index (χ1v) is 5.77. The lowest BCUT2D eigenvalue weighted by Gasteiger charge is -2.02. The molecule has 0 radical (unpaired) electrons. The van der Waals surface area contributed by atoms with Crippen molar-refractivity contribution >= 4 is 35.1 Å². The molecular formula is C14H6Cl2O2. The topological polar surface area (TPSA) is 34.1 Å². The Morgan fingerprint density at radius 2 is 1.39 bits per heavy atom. The maximum Gasteiger partial charge on any atom is 0.135 e. The Labute approximate surface area is 113 Å². The smallest absolute Gasteiger partial charge is 0.135 e. The molecule has 2 nitrogen and oxygen atoms in total. The lowest BCUT2D eigenvalue weighted by atomic mass is 10.0. The van der Waals surface area contributed by atoms with Crippen molar-refractivity contribution < 1.29 is 9.59 Å². The minimum absolute atomic E-state index is 0.0270. The van der Waals surface area contributed by atoms with Crippen molar-refractivity contribution in [3.63, 3.8) is 0 Å². The third-order valence-electron chi connectivity index (χ3n) is 2.51. The van der Waals surface area contributed by atoms with Gasteiger partial charge in [-0.1, -0.05) is 41.4 Å². The molecule has 0 aliphatic rings. The Morgan fingerprint density at radius 3 is 1.94 bits per heavy atom. The van der Waals surface area contributed by atoms with Gasteiger partial charge in [0.15, 0.2) is 0 Å². The summed E-state index contributed by atoms with van der Waals surface area (Å²) in [6, 6.07) is 10.1. The Morgan fingerprint density at radius 1 is 0.778 bits per heavy atom. The van der Waals surface area contributed by atoms with Gasteiger partial charge in [-0.25, -0.2) is 9.59 Å². The minimum atomic E-state index is 0.0270. The number of benzene rings is 2. The molecule has 2 aromatic carbocycles. The van der Waals surface area contributed by atoms with E-state index in [2.05, 4.69) is 0 Å². The molecule has 0 unspecified atom stereocenters.